The minimum atomic E-state index is 0.586. The first-order valence-electron chi connectivity index (χ1n) is 17.1. The zero-order valence-electron chi connectivity index (χ0n) is 27.7. The molecule has 0 bridgehead atoms. The molecule has 3 heterocycles. The Morgan fingerprint density at radius 3 is 1.77 bits per heavy atom. The average Bonchev–Trinajstić information content (AvgIpc) is 3.77. The molecule has 0 spiro atoms. The number of rotatable bonds is 5. The molecular formula is C46H27N5S. The van der Waals surface area contributed by atoms with Gasteiger partial charge in [-0.1, -0.05) is 115 Å². The summed E-state index contributed by atoms with van der Waals surface area (Å²) in [7, 11) is 0. The molecule has 0 aliphatic heterocycles. The van der Waals surface area contributed by atoms with Crippen LogP contribution in [0.15, 0.2) is 164 Å². The highest BCUT2D eigenvalue weighted by Gasteiger charge is 2.21. The van der Waals surface area contributed by atoms with Crippen LogP contribution in [0.2, 0.25) is 0 Å². The monoisotopic (exact) mass is 681 g/mol. The molecule has 6 heteroatoms. The van der Waals surface area contributed by atoms with Crippen molar-refractivity contribution in [1.82, 2.24) is 19.5 Å². The number of hydrogen-bond donors (Lipinski definition) is 0. The lowest BCUT2D eigenvalue weighted by molar-refractivity contribution is 1.07. The van der Waals surface area contributed by atoms with Crippen molar-refractivity contribution in [3.8, 4) is 57.0 Å². The third-order valence-electron chi connectivity index (χ3n) is 9.69. The first-order valence-corrected chi connectivity index (χ1v) is 17.9. The van der Waals surface area contributed by atoms with Crippen LogP contribution in [-0.4, -0.2) is 19.5 Å². The van der Waals surface area contributed by atoms with E-state index in [0.29, 0.717) is 23.0 Å². The van der Waals surface area contributed by atoms with Crippen molar-refractivity contribution in [3.05, 3.63) is 169 Å². The summed E-state index contributed by atoms with van der Waals surface area (Å²) in [6, 6.07) is 58.5. The van der Waals surface area contributed by atoms with Crippen LogP contribution in [0.4, 0.5) is 0 Å². The number of benzene rings is 7. The fraction of sp³-hybridized carbons (Fsp3) is 0. The van der Waals surface area contributed by atoms with Gasteiger partial charge in [0.15, 0.2) is 17.5 Å². The van der Waals surface area contributed by atoms with E-state index >= 15 is 0 Å². The van der Waals surface area contributed by atoms with Crippen molar-refractivity contribution >= 4 is 53.3 Å². The van der Waals surface area contributed by atoms with Gasteiger partial charge in [-0.15, -0.1) is 11.3 Å². The van der Waals surface area contributed by atoms with Crippen molar-refractivity contribution < 1.29 is 0 Å². The van der Waals surface area contributed by atoms with Gasteiger partial charge in [0.05, 0.1) is 28.4 Å². The number of fused-ring (bicyclic) bond motifs is 7. The van der Waals surface area contributed by atoms with Crippen molar-refractivity contribution in [1.29, 1.82) is 5.26 Å². The molecule has 0 aliphatic rings. The van der Waals surface area contributed by atoms with Gasteiger partial charge in [0, 0.05) is 53.2 Å². The lowest BCUT2D eigenvalue weighted by Crippen LogP contribution is -2.02. The Bertz CT molecular complexity index is 2950. The summed E-state index contributed by atoms with van der Waals surface area (Å²) in [5.41, 5.74) is 8.65. The van der Waals surface area contributed by atoms with Gasteiger partial charge in [-0.3, -0.25) is 0 Å². The molecule has 7 aromatic carbocycles. The molecule has 3 aromatic heterocycles. The summed E-state index contributed by atoms with van der Waals surface area (Å²) >= 11 is 1.83. The molecule has 10 aromatic rings. The number of nitriles is 1. The van der Waals surface area contributed by atoms with Crippen LogP contribution in [0, 0.1) is 11.3 Å². The molecule has 0 unspecified atom stereocenters. The SMILES string of the molecule is N#Cc1ccc(-c2cc(-c3nc(-c4ccccc4)nc(-c4ccccc4)n3)ccc2-n2c3ccccc3c3ccc4sc5ccccc5c4c32)cc1. The molecule has 242 valence electrons. The first kappa shape index (κ1) is 29.9. The fourth-order valence-electron chi connectivity index (χ4n) is 7.28. The van der Waals surface area contributed by atoms with Crippen LogP contribution >= 0.6 is 11.3 Å². The van der Waals surface area contributed by atoms with E-state index in [1.807, 2.05) is 96.3 Å². The molecule has 0 aliphatic carbocycles. The summed E-state index contributed by atoms with van der Waals surface area (Å²) < 4.78 is 4.94. The van der Waals surface area contributed by atoms with E-state index in [2.05, 4.69) is 89.5 Å². The van der Waals surface area contributed by atoms with Gasteiger partial charge in [-0.25, -0.2) is 15.0 Å². The van der Waals surface area contributed by atoms with Crippen LogP contribution in [0.5, 0.6) is 0 Å². The molecule has 52 heavy (non-hydrogen) atoms. The molecule has 0 saturated heterocycles. The van der Waals surface area contributed by atoms with Gasteiger partial charge in [-0.05, 0) is 54.1 Å². The number of thiophene rings is 1. The number of nitrogens with zero attached hydrogens (tertiary/aromatic N) is 5. The second-order valence-corrected chi connectivity index (χ2v) is 13.8. The maximum atomic E-state index is 9.66. The minimum Gasteiger partial charge on any atom is -0.308 e. The molecule has 0 saturated carbocycles. The number of para-hydroxylation sites is 1. The fourth-order valence-corrected chi connectivity index (χ4v) is 8.39. The lowest BCUT2D eigenvalue weighted by atomic mass is 9.98. The molecule has 5 nitrogen and oxygen atoms in total. The molecule has 0 radical (unpaired) electrons. The lowest BCUT2D eigenvalue weighted by Gasteiger charge is -2.17. The Morgan fingerprint density at radius 2 is 1.08 bits per heavy atom. The van der Waals surface area contributed by atoms with Gasteiger partial charge < -0.3 is 4.57 Å². The molecule has 0 N–H and O–H groups in total. The van der Waals surface area contributed by atoms with Crippen molar-refractivity contribution in [3.63, 3.8) is 0 Å². The van der Waals surface area contributed by atoms with E-state index in [-0.39, 0.29) is 0 Å². The van der Waals surface area contributed by atoms with Crippen LogP contribution in [0.3, 0.4) is 0 Å². The zero-order chi connectivity index (χ0) is 34.6. The molecule has 0 atom stereocenters. The van der Waals surface area contributed by atoms with Gasteiger partial charge in [0.25, 0.3) is 0 Å². The van der Waals surface area contributed by atoms with Crippen LogP contribution in [0.25, 0.3) is 93.0 Å². The highest BCUT2D eigenvalue weighted by molar-refractivity contribution is 7.26. The predicted octanol–water partition coefficient (Wildman–Crippen LogP) is 11.9. The van der Waals surface area contributed by atoms with E-state index in [9.17, 15) is 5.26 Å². The van der Waals surface area contributed by atoms with E-state index in [0.717, 1.165) is 39.0 Å². The topological polar surface area (TPSA) is 67.4 Å². The Hall–Kier alpha value is -6.94. The summed E-state index contributed by atoms with van der Waals surface area (Å²) in [5.74, 6) is 1.81. The standard InChI is InChI=1S/C46H27N5S/c47-28-29-19-21-30(22-20-29)37-27-33(46-49-44(31-11-3-1-4-12-31)48-45(50-46)32-13-5-2-6-14-32)23-25-39(37)51-38-17-9-7-15-34(38)35-24-26-41-42(43(35)51)36-16-8-10-18-40(36)52-41/h1-27H. The Labute approximate surface area is 303 Å². The second-order valence-electron chi connectivity index (χ2n) is 12.7. The maximum absolute atomic E-state index is 9.66. The largest absolute Gasteiger partial charge is 0.308 e. The van der Waals surface area contributed by atoms with Gasteiger partial charge in [0.1, 0.15) is 0 Å². The quantitative estimate of drug-likeness (QED) is 0.181. The number of aromatic nitrogens is 4. The summed E-state index contributed by atoms with van der Waals surface area (Å²) in [5, 5.41) is 14.6. The van der Waals surface area contributed by atoms with Gasteiger partial charge >= 0.3 is 0 Å². The van der Waals surface area contributed by atoms with E-state index in [1.165, 1.54) is 36.5 Å². The smallest absolute Gasteiger partial charge is 0.164 e. The zero-order valence-corrected chi connectivity index (χ0v) is 28.5. The predicted molar refractivity (Wildman–Crippen MR) is 214 cm³/mol. The normalized spacial score (nSPS) is 11.4. The highest BCUT2D eigenvalue weighted by atomic mass is 32.1. The Morgan fingerprint density at radius 1 is 0.481 bits per heavy atom. The highest BCUT2D eigenvalue weighted by Crippen LogP contribution is 2.44. The van der Waals surface area contributed by atoms with Crippen molar-refractivity contribution in [2.75, 3.05) is 0 Å². The Balaban J connectivity index is 1.28. The summed E-state index contributed by atoms with van der Waals surface area (Å²) in [4.78, 5) is 15.0. The second kappa shape index (κ2) is 12.1. The van der Waals surface area contributed by atoms with Crippen molar-refractivity contribution in [2.45, 2.75) is 0 Å². The summed E-state index contributed by atoms with van der Waals surface area (Å²) in [6.07, 6.45) is 0. The third kappa shape index (κ3) is 4.87. The molecular weight excluding hydrogens is 655 g/mol. The minimum absolute atomic E-state index is 0.586. The van der Waals surface area contributed by atoms with Crippen molar-refractivity contribution in [2.24, 2.45) is 0 Å². The van der Waals surface area contributed by atoms with E-state index in [1.54, 1.807) is 0 Å². The Kier molecular flexibility index (Phi) is 6.98. The van der Waals surface area contributed by atoms with E-state index in [4.69, 9.17) is 15.0 Å². The van der Waals surface area contributed by atoms with Gasteiger partial charge in [0.2, 0.25) is 0 Å². The van der Waals surface area contributed by atoms with Gasteiger partial charge in [-0.2, -0.15) is 5.26 Å². The molecule has 10 rings (SSSR count). The molecule has 0 fully saturated rings. The first-order chi connectivity index (χ1) is 25.7. The van der Waals surface area contributed by atoms with E-state index < -0.39 is 0 Å². The van der Waals surface area contributed by atoms with Crippen LogP contribution in [0.1, 0.15) is 5.56 Å². The van der Waals surface area contributed by atoms with Crippen LogP contribution < -0.4 is 0 Å². The maximum Gasteiger partial charge on any atom is 0.164 e. The van der Waals surface area contributed by atoms with Crippen LogP contribution in [-0.2, 0) is 0 Å². The summed E-state index contributed by atoms with van der Waals surface area (Å²) in [6.45, 7) is 0. The molecule has 0 amide bonds. The third-order valence-corrected chi connectivity index (χ3v) is 10.8. The number of hydrogen-bond acceptors (Lipinski definition) is 5. The average molecular weight is 682 g/mol.